The van der Waals surface area contributed by atoms with Gasteiger partial charge in [0.2, 0.25) is 0 Å². The van der Waals surface area contributed by atoms with Crippen molar-refractivity contribution >= 4 is 18.6 Å². The number of hydrogen-bond donors (Lipinski definition) is 2. The lowest BCUT2D eigenvalue weighted by Gasteiger charge is -2.11. The van der Waals surface area contributed by atoms with E-state index in [2.05, 4.69) is 12.6 Å². The molecule has 3 heteroatoms. The van der Waals surface area contributed by atoms with E-state index in [4.69, 9.17) is 5.11 Å². The molecule has 0 aromatic rings. The van der Waals surface area contributed by atoms with E-state index < -0.39 is 11.4 Å². The third-order valence-corrected chi connectivity index (χ3v) is 2.51. The SMILES string of the molecule is CC(S)C1(C(=O)O)CC1. The molecule has 0 spiro atoms. The fraction of sp³-hybridized carbons (Fsp3) is 0.833. The molecular weight excluding hydrogens is 136 g/mol. The molecule has 0 amide bonds. The quantitative estimate of drug-likeness (QED) is 0.574. The highest BCUT2D eigenvalue weighted by atomic mass is 32.1. The molecule has 52 valence electrons. The molecule has 9 heavy (non-hydrogen) atoms. The van der Waals surface area contributed by atoms with E-state index in [-0.39, 0.29) is 5.25 Å². The predicted octanol–water partition coefficient (Wildman–Crippen LogP) is 1.17. The van der Waals surface area contributed by atoms with Crippen molar-refractivity contribution in [3.63, 3.8) is 0 Å². The highest BCUT2D eigenvalue weighted by molar-refractivity contribution is 7.81. The van der Waals surface area contributed by atoms with Crippen LogP contribution in [0.4, 0.5) is 0 Å². The Bertz CT molecular complexity index is 138. The lowest BCUT2D eigenvalue weighted by Crippen LogP contribution is -2.23. The molecule has 1 aliphatic carbocycles. The first-order valence-corrected chi connectivity index (χ1v) is 3.53. The second kappa shape index (κ2) is 1.90. The van der Waals surface area contributed by atoms with Gasteiger partial charge in [-0.1, -0.05) is 6.92 Å². The predicted molar refractivity (Wildman–Crippen MR) is 37.8 cm³/mol. The van der Waals surface area contributed by atoms with Gasteiger partial charge in [0.05, 0.1) is 5.41 Å². The largest absolute Gasteiger partial charge is 0.481 e. The normalized spacial score (nSPS) is 25.1. The summed E-state index contributed by atoms with van der Waals surface area (Å²) in [4.78, 5) is 10.5. The Morgan fingerprint density at radius 2 is 2.22 bits per heavy atom. The van der Waals surface area contributed by atoms with E-state index >= 15 is 0 Å². The topological polar surface area (TPSA) is 37.3 Å². The molecule has 1 unspecified atom stereocenters. The fourth-order valence-corrected chi connectivity index (χ4v) is 1.31. The average Bonchev–Trinajstić information content (AvgIpc) is 2.40. The van der Waals surface area contributed by atoms with Crippen molar-refractivity contribution in [2.75, 3.05) is 0 Å². The molecule has 1 N–H and O–H groups in total. The van der Waals surface area contributed by atoms with Crippen LogP contribution in [0, 0.1) is 5.41 Å². The van der Waals surface area contributed by atoms with Crippen LogP contribution in [0.3, 0.4) is 0 Å². The van der Waals surface area contributed by atoms with Crippen LogP contribution >= 0.6 is 12.6 Å². The lowest BCUT2D eigenvalue weighted by molar-refractivity contribution is -0.143. The molecule has 1 saturated carbocycles. The average molecular weight is 146 g/mol. The highest BCUT2D eigenvalue weighted by Crippen LogP contribution is 2.50. The van der Waals surface area contributed by atoms with E-state index in [0.717, 1.165) is 12.8 Å². The second-order valence-electron chi connectivity index (χ2n) is 2.64. The molecule has 2 nitrogen and oxygen atoms in total. The van der Waals surface area contributed by atoms with Crippen LogP contribution in [0.25, 0.3) is 0 Å². The van der Waals surface area contributed by atoms with Crippen molar-refractivity contribution in [1.29, 1.82) is 0 Å². The van der Waals surface area contributed by atoms with Crippen LogP contribution < -0.4 is 0 Å². The number of hydrogen-bond acceptors (Lipinski definition) is 2. The summed E-state index contributed by atoms with van der Waals surface area (Å²) in [5.41, 5.74) is -0.469. The molecule has 0 saturated heterocycles. The maximum Gasteiger partial charge on any atom is 0.310 e. The third kappa shape index (κ3) is 0.936. The number of carbonyl (C=O) groups is 1. The van der Waals surface area contributed by atoms with Gasteiger partial charge in [-0.2, -0.15) is 12.6 Å². The Kier molecular flexibility index (Phi) is 1.47. The van der Waals surface area contributed by atoms with Crippen LogP contribution in [0.1, 0.15) is 19.8 Å². The molecule has 1 atom stereocenters. The smallest absolute Gasteiger partial charge is 0.310 e. The number of carboxylic acids is 1. The van der Waals surface area contributed by atoms with Crippen LogP contribution in [0.2, 0.25) is 0 Å². The zero-order chi connectivity index (χ0) is 7.07. The van der Waals surface area contributed by atoms with E-state index in [1.807, 2.05) is 6.92 Å². The number of rotatable bonds is 2. The van der Waals surface area contributed by atoms with Gasteiger partial charge < -0.3 is 5.11 Å². The first-order valence-electron chi connectivity index (χ1n) is 3.01. The van der Waals surface area contributed by atoms with Crippen molar-refractivity contribution in [2.45, 2.75) is 25.0 Å². The van der Waals surface area contributed by atoms with Gasteiger partial charge in [0.15, 0.2) is 0 Å². The van der Waals surface area contributed by atoms with Gasteiger partial charge in [-0.15, -0.1) is 0 Å². The van der Waals surface area contributed by atoms with Gasteiger partial charge in [-0.25, -0.2) is 0 Å². The van der Waals surface area contributed by atoms with Crippen LogP contribution in [-0.4, -0.2) is 16.3 Å². The second-order valence-corrected chi connectivity index (χ2v) is 3.41. The molecule has 0 aromatic carbocycles. The van der Waals surface area contributed by atoms with E-state index in [0.29, 0.717) is 0 Å². The van der Waals surface area contributed by atoms with Gasteiger partial charge in [0.1, 0.15) is 0 Å². The van der Waals surface area contributed by atoms with Crippen LogP contribution in [0.5, 0.6) is 0 Å². The standard InChI is InChI=1S/C6H10O2S/c1-4(9)6(2-3-6)5(7)8/h4,9H,2-3H2,1H3,(H,7,8). The van der Waals surface area contributed by atoms with E-state index in [1.165, 1.54) is 0 Å². The maximum atomic E-state index is 10.5. The number of aliphatic carboxylic acids is 1. The fourth-order valence-electron chi connectivity index (χ4n) is 0.945. The Morgan fingerprint density at radius 1 is 1.78 bits per heavy atom. The molecule has 1 fully saturated rings. The molecule has 0 bridgehead atoms. The Balaban J connectivity index is 2.63. The summed E-state index contributed by atoms with van der Waals surface area (Å²) >= 11 is 4.10. The summed E-state index contributed by atoms with van der Waals surface area (Å²) in [7, 11) is 0. The minimum absolute atomic E-state index is 0.00463. The van der Waals surface area contributed by atoms with Gasteiger partial charge in [0.25, 0.3) is 0 Å². The van der Waals surface area contributed by atoms with Crippen molar-refractivity contribution in [3.8, 4) is 0 Å². The van der Waals surface area contributed by atoms with Gasteiger partial charge in [0, 0.05) is 5.25 Å². The van der Waals surface area contributed by atoms with Crippen molar-refractivity contribution in [2.24, 2.45) is 5.41 Å². The van der Waals surface area contributed by atoms with Crippen molar-refractivity contribution in [1.82, 2.24) is 0 Å². The minimum atomic E-state index is -0.690. The van der Waals surface area contributed by atoms with Crippen LogP contribution in [-0.2, 0) is 4.79 Å². The number of carboxylic acid groups (broad SMARTS) is 1. The molecule has 0 aromatic heterocycles. The molecule has 0 heterocycles. The maximum absolute atomic E-state index is 10.5. The summed E-state index contributed by atoms with van der Waals surface area (Å²) in [5.74, 6) is -0.690. The van der Waals surface area contributed by atoms with Gasteiger partial charge in [-0.05, 0) is 12.8 Å². The third-order valence-electron chi connectivity index (χ3n) is 2.01. The van der Waals surface area contributed by atoms with E-state index in [9.17, 15) is 4.79 Å². The van der Waals surface area contributed by atoms with Gasteiger partial charge >= 0.3 is 5.97 Å². The van der Waals surface area contributed by atoms with E-state index in [1.54, 1.807) is 0 Å². The Morgan fingerprint density at radius 3 is 2.22 bits per heavy atom. The number of thiol groups is 1. The van der Waals surface area contributed by atoms with Crippen molar-refractivity contribution < 1.29 is 9.90 Å². The highest BCUT2D eigenvalue weighted by Gasteiger charge is 2.53. The minimum Gasteiger partial charge on any atom is -0.481 e. The first kappa shape index (κ1) is 6.93. The summed E-state index contributed by atoms with van der Waals surface area (Å²) in [5, 5.41) is 8.62. The summed E-state index contributed by atoms with van der Waals surface area (Å²) < 4.78 is 0. The summed E-state index contributed by atoms with van der Waals surface area (Å²) in [6.45, 7) is 1.84. The first-order chi connectivity index (χ1) is 4.09. The molecular formula is C6H10O2S. The summed E-state index contributed by atoms with van der Waals surface area (Å²) in [6.07, 6.45) is 1.60. The zero-order valence-corrected chi connectivity index (χ0v) is 6.19. The monoisotopic (exact) mass is 146 g/mol. The van der Waals surface area contributed by atoms with Crippen LogP contribution in [0.15, 0.2) is 0 Å². The molecule has 0 radical (unpaired) electrons. The molecule has 0 aliphatic heterocycles. The molecule has 1 aliphatic rings. The molecule has 1 rings (SSSR count). The summed E-state index contributed by atoms with van der Waals surface area (Å²) in [6, 6.07) is 0. The van der Waals surface area contributed by atoms with Crippen molar-refractivity contribution in [3.05, 3.63) is 0 Å². The Labute approximate surface area is 59.7 Å². The van der Waals surface area contributed by atoms with Gasteiger partial charge in [-0.3, -0.25) is 4.79 Å². The Hall–Kier alpha value is -0.180. The lowest BCUT2D eigenvalue weighted by atomic mass is 10.0. The zero-order valence-electron chi connectivity index (χ0n) is 5.29.